The minimum Gasteiger partial charge on any atom is -0.0625 e. The first-order valence-electron chi connectivity index (χ1n) is 20.2. The summed E-state index contributed by atoms with van der Waals surface area (Å²) in [4.78, 5) is 0. The van der Waals surface area contributed by atoms with Crippen molar-refractivity contribution in [3.63, 3.8) is 0 Å². The SMILES string of the molecule is CC(C)Cc1cc(-c2ccc3c(c2)-c2ccccc2C3(C)C)c2ccc3c(CC(C)C)cc(-c4ccc5c(c4)-c4ccccc4C5(C)C)c4ccc1c2c34. The Morgan fingerprint density at radius 1 is 0.370 bits per heavy atom. The molecule has 0 aliphatic heterocycles. The van der Waals surface area contributed by atoms with Crippen LogP contribution in [0.4, 0.5) is 0 Å². The number of benzene rings is 8. The van der Waals surface area contributed by atoms with Crippen LogP contribution in [0.15, 0.2) is 121 Å². The Morgan fingerprint density at radius 2 is 0.741 bits per heavy atom. The Balaban J connectivity index is 1.26. The lowest BCUT2D eigenvalue weighted by Crippen LogP contribution is -2.14. The summed E-state index contributed by atoms with van der Waals surface area (Å²) in [6, 6.07) is 47.5. The van der Waals surface area contributed by atoms with E-state index >= 15 is 0 Å². The van der Waals surface area contributed by atoms with Gasteiger partial charge in [-0.1, -0.05) is 152 Å². The predicted octanol–water partition coefficient (Wildman–Crippen LogP) is 14.9. The third-order valence-corrected chi connectivity index (χ3v) is 13.1. The van der Waals surface area contributed by atoms with Crippen LogP contribution in [-0.4, -0.2) is 0 Å². The van der Waals surface area contributed by atoms with Crippen molar-refractivity contribution < 1.29 is 0 Å². The highest BCUT2D eigenvalue weighted by atomic mass is 14.4. The molecule has 10 rings (SSSR count). The van der Waals surface area contributed by atoms with Crippen molar-refractivity contribution in [2.45, 2.75) is 79.1 Å². The molecule has 0 spiro atoms. The molecular formula is C54H50. The summed E-state index contributed by atoms with van der Waals surface area (Å²) in [5, 5.41) is 8.39. The average molecular weight is 699 g/mol. The molecular weight excluding hydrogens is 649 g/mol. The molecule has 0 heteroatoms. The first kappa shape index (κ1) is 33.4. The lowest BCUT2D eigenvalue weighted by atomic mass is 9.80. The molecule has 0 N–H and O–H groups in total. The summed E-state index contributed by atoms with van der Waals surface area (Å²) < 4.78 is 0. The third kappa shape index (κ3) is 4.68. The molecule has 8 aromatic rings. The number of rotatable bonds is 6. The lowest BCUT2D eigenvalue weighted by molar-refractivity contribution is 0.650. The number of hydrogen-bond acceptors (Lipinski definition) is 0. The Bertz CT molecular complexity index is 2620. The maximum atomic E-state index is 2.53. The van der Waals surface area contributed by atoms with Gasteiger partial charge in [0.15, 0.2) is 0 Å². The highest BCUT2D eigenvalue weighted by Gasteiger charge is 2.36. The molecule has 0 fully saturated rings. The third-order valence-electron chi connectivity index (χ3n) is 13.1. The Hall–Kier alpha value is -5.20. The van der Waals surface area contributed by atoms with Gasteiger partial charge < -0.3 is 0 Å². The molecule has 0 unspecified atom stereocenters. The van der Waals surface area contributed by atoms with Crippen molar-refractivity contribution in [1.82, 2.24) is 0 Å². The monoisotopic (exact) mass is 698 g/mol. The quantitative estimate of drug-likeness (QED) is 0.152. The van der Waals surface area contributed by atoms with Gasteiger partial charge in [-0.2, -0.15) is 0 Å². The topological polar surface area (TPSA) is 0 Å². The van der Waals surface area contributed by atoms with Crippen LogP contribution in [0.1, 0.15) is 88.8 Å². The molecule has 8 aromatic carbocycles. The molecule has 0 radical (unpaired) electrons. The molecule has 0 nitrogen and oxygen atoms in total. The van der Waals surface area contributed by atoms with Gasteiger partial charge in [0.05, 0.1) is 0 Å². The normalized spacial score (nSPS) is 15.1. The fourth-order valence-corrected chi connectivity index (χ4v) is 10.6. The molecule has 0 atom stereocenters. The molecule has 0 heterocycles. The van der Waals surface area contributed by atoms with Gasteiger partial charge in [-0.05, 0) is 159 Å². The van der Waals surface area contributed by atoms with Crippen LogP contribution in [0, 0.1) is 11.8 Å². The highest BCUT2D eigenvalue weighted by molar-refractivity contribution is 6.29. The second kappa shape index (κ2) is 11.6. The fourth-order valence-electron chi connectivity index (χ4n) is 10.6. The van der Waals surface area contributed by atoms with E-state index in [4.69, 9.17) is 0 Å². The minimum absolute atomic E-state index is 0.00543. The molecule has 2 aliphatic carbocycles. The van der Waals surface area contributed by atoms with Crippen molar-refractivity contribution >= 4 is 32.3 Å². The minimum atomic E-state index is -0.00543. The van der Waals surface area contributed by atoms with E-state index in [0.717, 1.165) is 12.8 Å². The van der Waals surface area contributed by atoms with Crippen molar-refractivity contribution in [2.75, 3.05) is 0 Å². The molecule has 0 amide bonds. The van der Waals surface area contributed by atoms with Crippen LogP contribution in [0.5, 0.6) is 0 Å². The van der Waals surface area contributed by atoms with Gasteiger partial charge in [0, 0.05) is 10.8 Å². The van der Waals surface area contributed by atoms with Crippen LogP contribution in [0.3, 0.4) is 0 Å². The molecule has 0 aromatic heterocycles. The van der Waals surface area contributed by atoms with E-state index in [1.165, 1.54) is 110 Å². The van der Waals surface area contributed by atoms with Crippen LogP contribution in [-0.2, 0) is 23.7 Å². The first-order chi connectivity index (χ1) is 25.9. The zero-order chi connectivity index (χ0) is 37.3. The average Bonchev–Trinajstić information content (AvgIpc) is 3.53. The van der Waals surface area contributed by atoms with E-state index in [2.05, 4.69) is 177 Å². The van der Waals surface area contributed by atoms with Gasteiger partial charge in [0.25, 0.3) is 0 Å². The van der Waals surface area contributed by atoms with Crippen molar-refractivity contribution in [1.29, 1.82) is 0 Å². The largest absolute Gasteiger partial charge is 0.0625 e. The standard InChI is InChI=1S/C54H50/c1-31(2)25-35-29-43(33-17-23-49-45(27-33)39-13-9-11-15-47(39)53(49,5)6)41-22-20-38-36(26-32(3)4)30-44(42-21-19-37(35)51(41)52(38)42)34-18-24-50-46(28-34)40-14-10-12-16-48(40)54(50,7)8/h9-24,27-32H,25-26H2,1-8H3. The number of hydrogen-bond donors (Lipinski definition) is 0. The molecule has 54 heavy (non-hydrogen) atoms. The van der Waals surface area contributed by atoms with Gasteiger partial charge in [0.2, 0.25) is 0 Å². The van der Waals surface area contributed by atoms with Crippen molar-refractivity contribution in [3.8, 4) is 44.5 Å². The van der Waals surface area contributed by atoms with Crippen LogP contribution >= 0.6 is 0 Å². The van der Waals surface area contributed by atoms with Crippen LogP contribution < -0.4 is 0 Å². The fraction of sp³-hybridized carbons (Fsp3) is 0.259. The highest BCUT2D eigenvalue weighted by Crippen LogP contribution is 2.53. The second-order valence-corrected chi connectivity index (χ2v) is 18.3. The van der Waals surface area contributed by atoms with E-state index < -0.39 is 0 Å². The van der Waals surface area contributed by atoms with E-state index in [-0.39, 0.29) is 10.8 Å². The first-order valence-corrected chi connectivity index (χ1v) is 20.2. The van der Waals surface area contributed by atoms with Crippen LogP contribution in [0.2, 0.25) is 0 Å². The zero-order valence-corrected chi connectivity index (χ0v) is 33.1. The van der Waals surface area contributed by atoms with Crippen molar-refractivity contribution in [3.05, 3.63) is 155 Å². The van der Waals surface area contributed by atoms with E-state index in [1.807, 2.05) is 0 Å². The zero-order valence-electron chi connectivity index (χ0n) is 33.1. The number of fused-ring (bicyclic) bond motifs is 6. The predicted molar refractivity (Wildman–Crippen MR) is 233 cm³/mol. The molecule has 0 bridgehead atoms. The summed E-state index contributed by atoms with van der Waals surface area (Å²) in [6.07, 6.45) is 2.10. The summed E-state index contributed by atoms with van der Waals surface area (Å²) in [7, 11) is 0. The van der Waals surface area contributed by atoms with Gasteiger partial charge in [0.1, 0.15) is 0 Å². The summed E-state index contributed by atoms with van der Waals surface area (Å²) >= 11 is 0. The molecule has 2 aliphatic rings. The van der Waals surface area contributed by atoms with E-state index in [0.29, 0.717) is 11.8 Å². The second-order valence-electron chi connectivity index (χ2n) is 18.3. The van der Waals surface area contributed by atoms with Gasteiger partial charge >= 0.3 is 0 Å². The Labute approximate surface area is 321 Å². The summed E-state index contributed by atoms with van der Waals surface area (Å²) in [5.74, 6) is 1.10. The van der Waals surface area contributed by atoms with Gasteiger partial charge in [-0.25, -0.2) is 0 Å². The van der Waals surface area contributed by atoms with Crippen LogP contribution in [0.25, 0.3) is 76.8 Å². The van der Waals surface area contributed by atoms with Crippen molar-refractivity contribution in [2.24, 2.45) is 11.8 Å². The maximum Gasteiger partial charge on any atom is 0.0158 e. The molecule has 0 saturated heterocycles. The van der Waals surface area contributed by atoms with Gasteiger partial charge in [-0.3, -0.25) is 0 Å². The Morgan fingerprint density at radius 3 is 1.15 bits per heavy atom. The lowest BCUT2D eigenvalue weighted by Gasteiger charge is -2.23. The smallest absolute Gasteiger partial charge is 0.0158 e. The van der Waals surface area contributed by atoms with E-state index in [9.17, 15) is 0 Å². The molecule has 266 valence electrons. The summed E-state index contributed by atoms with van der Waals surface area (Å²) in [6.45, 7) is 18.9. The Kier molecular flexibility index (Phi) is 7.20. The molecule has 0 saturated carbocycles. The van der Waals surface area contributed by atoms with E-state index in [1.54, 1.807) is 0 Å². The summed E-state index contributed by atoms with van der Waals surface area (Å²) in [5.41, 5.74) is 19.5. The van der Waals surface area contributed by atoms with Gasteiger partial charge in [-0.15, -0.1) is 0 Å². The maximum absolute atomic E-state index is 2.53.